The first-order chi connectivity index (χ1) is 14.4. The van der Waals surface area contributed by atoms with Gasteiger partial charge in [-0.15, -0.1) is 0 Å². The van der Waals surface area contributed by atoms with E-state index in [1.807, 2.05) is 6.07 Å². The molecule has 0 bridgehead atoms. The zero-order chi connectivity index (χ0) is 21.6. The molecule has 0 atom stereocenters. The van der Waals surface area contributed by atoms with Crippen LogP contribution in [0, 0.1) is 6.92 Å². The van der Waals surface area contributed by atoms with E-state index in [9.17, 15) is 13.2 Å². The molecule has 8 heteroatoms. The van der Waals surface area contributed by atoms with E-state index in [4.69, 9.17) is 4.74 Å². The van der Waals surface area contributed by atoms with Gasteiger partial charge in [0.2, 0.25) is 5.95 Å². The lowest BCUT2D eigenvalue weighted by molar-refractivity contribution is -0.137. The maximum atomic E-state index is 13.4. The second-order valence-electron chi connectivity index (χ2n) is 6.74. The van der Waals surface area contributed by atoms with Crippen LogP contribution in [0.15, 0.2) is 54.7 Å². The van der Waals surface area contributed by atoms with Crippen molar-refractivity contribution in [2.24, 2.45) is 0 Å². The highest BCUT2D eigenvalue weighted by Crippen LogP contribution is 2.35. The molecule has 1 aromatic heterocycles. The fourth-order valence-electron chi connectivity index (χ4n) is 2.68. The molecule has 0 aliphatic carbocycles. The Balaban J connectivity index is 1.81. The van der Waals surface area contributed by atoms with Crippen LogP contribution in [-0.4, -0.2) is 16.6 Å². The Morgan fingerprint density at radius 1 is 1.00 bits per heavy atom. The highest BCUT2D eigenvalue weighted by molar-refractivity contribution is 5.65. The lowest BCUT2D eigenvalue weighted by atomic mass is 10.2. The third-order valence-electron chi connectivity index (χ3n) is 4.37. The van der Waals surface area contributed by atoms with E-state index >= 15 is 0 Å². The van der Waals surface area contributed by atoms with Crippen LogP contribution in [0.4, 0.5) is 36.3 Å². The van der Waals surface area contributed by atoms with Crippen LogP contribution < -0.4 is 15.4 Å². The maximum absolute atomic E-state index is 13.4. The monoisotopic (exact) mass is 416 g/mol. The molecule has 0 saturated heterocycles. The molecule has 0 unspecified atom stereocenters. The Labute approximate surface area is 173 Å². The molecule has 0 spiro atoms. The lowest BCUT2D eigenvalue weighted by Crippen LogP contribution is -2.13. The summed E-state index contributed by atoms with van der Waals surface area (Å²) in [5.74, 6) is 0.469. The number of hydrogen-bond acceptors (Lipinski definition) is 5. The van der Waals surface area contributed by atoms with Crippen LogP contribution in [-0.2, 0) is 6.18 Å². The molecule has 0 aliphatic rings. The van der Waals surface area contributed by atoms with Gasteiger partial charge < -0.3 is 15.4 Å². The van der Waals surface area contributed by atoms with Gasteiger partial charge in [0.15, 0.2) is 0 Å². The predicted molar refractivity (Wildman–Crippen MR) is 112 cm³/mol. The zero-order valence-corrected chi connectivity index (χ0v) is 16.8. The molecule has 1 heterocycles. The molecule has 2 aromatic carbocycles. The number of rotatable bonds is 8. The first kappa shape index (κ1) is 21.4. The largest absolute Gasteiger partial charge is 0.494 e. The minimum Gasteiger partial charge on any atom is -0.494 e. The molecule has 158 valence electrons. The van der Waals surface area contributed by atoms with Crippen LogP contribution in [0.1, 0.15) is 30.9 Å². The van der Waals surface area contributed by atoms with Gasteiger partial charge in [-0.05, 0) is 49.2 Å². The third kappa shape index (κ3) is 5.62. The number of unbranched alkanes of at least 4 members (excludes halogenated alkanes) is 1. The van der Waals surface area contributed by atoms with Crippen LogP contribution in [0.25, 0.3) is 0 Å². The van der Waals surface area contributed by atoms with Crippen molar-refractivity contribution in [2.45, 2.75) is 32.9 Å². The number of halogens is 3. The number of ether oxygens (including phenoxy) is 1. The topological polar surface area (TPSA) is 59.1 Å². The van der Waals surface area contributed by atoms with Crippen molar-refractivity contribution >= 4 is 23.1 Å². The summed E-state index contributed by atoms with van der Waals surface area (Å²) < 4.78 is 45.9. The number of hydrogen-bond donors (Lipinski definition) is 2. The summed E-state index contributed by atoms with van der Waals surface area (Å²) in [5, 5.41) is 5.71. The molecule has 0 saturated carbocycles. The molecular weight excluding hydrogens is 393 g/mol. The number of benzene rings is 2. The Morgan fingerprint density at radius 3 is 2.40 bits per heavy atom. The number of anilines is 4. The average molecular weight is 416 g/mol. The normalized spacial score (nSPS) is 11.2. The highest BCUT2D eigenvalue weighted by atomic mass is 19.4. The van der Waals surface area contributed by atoms with E-state index in [2.05, 4.69) is 27.5 Å². The number of aryl methyl sites for hydroxylation is 1. The Hall–Kier alpha value is -3.29. The smallest absolute Gasteiger partial charge is 0.421 e. The van der Waals surface area contributed by atoms with Gasteiger partial charge in [0.1, 0.15) is 17.1 Å². The van der Waals surface area contributed by atoms with Crippen LogP contribution in [0.2, 0.25) is 0 Å². The van der Waals surface area contributed by atoms with Crippen molar-refractivity contribution in [3.8, 4) is 5.75 Å². The molecular formula is C22H23F3N4O. The van der Waals surface area contributed by atoms with Crippen molar-refractivity contribution in [1.29, 1.82) is 0 Å². The van der Waals surface area contributed by atoms with Gasteiger partial charge in [0.25, 0.3) is 0 Å². The molecule has 3 rings (SSSR count). The minimum atomic E-state index is -4.58. The molecule has 0 amide bonds. The second-order valence-corrected chi connectivity index (χ2v) is 6.74. The van der Waals surface area contributed by atoms with E-state index in [0.29, 0.717) is 18.0 Å². The summed E-state index contributed by atoms with van der Waals surface area (Å²) >= 11 is 0. The van der Waals surface area contributed by atoms with E-state index in [1.54, 1.807) is 49.4 Å². The average Bonchev–Trinajstić information content (AvgIpc) is 2.70. The van der Waals surface area contributed by atoms with Crippen LogP contribution >= 0.6 is 0 Å². The van der Waals surface area contributed by atoms with E-state index in [0.717, 1.165) is 30.4 Å². The molecule has 0 radical (unpaired) electrons. The van der Waals surface area contributed by atoms with Gasteiger partial charge in [0.05, 0.1) is 6.61 Å². The molecule has 0 fully saturated rings. The molecule has 0 aliphatic heterocycles. The standard InChI is InChI=1S/C22H23F3N4O/c1-3-4-13-30-17-11-9-16(10-12-17)27-21-26-14-18(22(23,24)25)20(29-21)28-19-8-6-5-7-15(19)2/h5-12,14H,3-4,13H2,1-2H3,(H2,26,27,28,29). The molecule has 30 heavy (non-hydrogen) atoms. The number of nitrogens with one attached hydrogen (secondary N) is 2. The summed E-state index contributed by atoms with van der Waals surface area (Å²) in [4.78, 5) is 7.90. The molecule has 5 nitrogen and oxygen atoms in total. The second kappa shape index (κ2) is 9.47. The van der Waals surface area contributed by atoms with Gasteiger partial charge in [-0.1, -0.05) is 31.5 Å². The third-order valence-corrected chi connectivity index (χ3v) is 4.37. The van der Waals surface area contributed by atoms with Crippen molar-refractivity contribution in [3.05, 3.63) is 65.9 Å². The lowest BCUT2D eigenvalue weighted by Gasteiger charge is -2.16. The Bertz CT molecular complexity index is 975. The first-order valence-electron chi connectivity index (χ1n) is 9.63. The quantitative estimate of drug-likeness (QED) is 0.412. The summed E-state index contributed by atoms with van der Waals surface area (Å²) in [6.45, 7) is 4.53. The molecule has 2 N–H and O–H groups in total. The van der Waals surface area contributed by atoms with Gasteiger partial charge in [-0.25, -0.2) is 4.98 Å². The first-order valence-corrected chi connectivity index (χ1v) is 9.63. The fourth-order valence-corrected chi connectivity index (χ4v) is 2.68. The number of alkyl halides is 3. The maximum Gasteiger partial charge on any atom is 0.421 e. The van der Waals surface area contributed by atoms with Gasteiger partial charge >= 0.3 is 6.18 Å². The SMILES string of the molecule is CCCCOc1ccc(Nc2ncc(C(F)(F)F)c(Nc3ccccc3C)n2)cc1. The summed E-state index contributed by atoms with van der Waals surface area (Å²) in [6, 6.07) is 14.2. The van der Waals surface area contributed by atoms with Gasteiger partial charge in [-0.2, -0.15) is 18.2 Å². The van der Waals surface area contributed by atoms with E-state index < -0.39 is 11.7 Å². The molecule has 3 aromatic rings. The summed E-state index contributed by atoms with van der Waals surface area (Å²) in [5.41, 5.74) is 1.05. The number of aromatic nitrogens is 2. The van der Waals surface area contributed by atoms with Crippen molar-refractivity contribution < 1.29 is 17.9 Å². The fraction of sp³-hybridized carbons (Fsp3) is 0.273. The Kier molecular flexibility index (Phi) is 6.76. The van der Waals surface area contributed by atoms with Crippen molar-refractivity contribution in [3.63, 3.8) is 0 Å². The predicted octanol–water partition coefficient (Wildman–Crippen LogP) is 6.47. The Morgan fingerprint density at radius 2 is 1.73 bits per heavy atom. The highest BCUT2D eigenvalue weighted by Gasteiger charge is 2.35. The summed E-state index contributed by atoms with van der Waals surface area (Å²) in [7, 11) is 0. The number of nitrogens with zero attached hydrogens (tertiary/aromatic N) is 2. The van der Waals surface area contributed by atoms with E-state index in [-0.39, 0.29) is 11.8 Å². The van der Waals surface area contributed by atoms with Crippen LogP contribution in [0.3, 0.4) is 0 Å². The van der Waals surface area contributed by atoms with Gasteiger partial charge in [0, 0.05) is 17.6 Å². The van der Waals surface area contributed by atoms with Gasteiger partial charge in [-0.3, -0.25) is 0 Å². The number of para-hydroxylation sites is 1. The van der Waals surface area contributed by atoms with E-state index in [1.165, 1.54) is 0 Å². The minimum absolute atomic E-state index is 0.0544. The van der Waals surface area contributed by atoms with Crippen LogP contribution in [0.5, 0.6) is 5.75 Å². The van der Waals surface area contributed by atoms with Crippen molar-refractivity contribution in [2.75, 3.05) is 17.2 Å². The summed E-state index contributed by atoms with van der Waals surface area (Å²) in [6.07, 6.45) is -1.79. The zero-order valence-electron chi connectivity index (χ0n) is 16.8. The van der Waals surface area contributed by atoms with Crippen molar-refractivity contribution in [1.82, 2.24) is 9.97 Å².